The van der Waals surface area contributed by atoms with Crippen LogP contribution in [0.5, 0.6) is 5.75 Å². The maximum atomic E-state index is 13.4. The molecule has 0 bridgehead atoms. The number of hydrogen-bond donors (Lipinski definition) is 1. The molecular formula is C25H25N3O4S. The average Bonchev–Trinajstić information content (AvgIpc) is 3.24. The largest absolute Gasteiger partial charge is 0.494 e. The fourth-order valence-corrected chi connectivity index (χ4v) is 4.41. The van der Waals surface area contributed by atoms with Crippen LogP contribution in [0.4, 0.5) is 5.69 Å². The van der Waals surface area contributed by atoms with Gasteiger partial charge in [-0.2, -0.15) is 5.10 Å². The van der Waals surface area contributed by atoms with Gasteiger partial charge in [-0.25, -0.2) is 13.4 Å². The Kier molecular flexibility index (Phi) is 6.46. The minimum Gasteiger partial charge on any atom is -0.494 e. The van der Waals surface area contributed by atoms with E-state index in [0.29, 0.717) is 35.6 Å². The number of hydrazone groups is 1. The molecule has 0 saturated heterocycles. The zero-order valence-corrected chi connectivity index (χ0v) is 19.2. The second-order valence-corrected chi connectivity index (χ2v) is 9.46. The summed E-state index contributed by atoms with van der Waals surface area (Å²) >= 11 is 0. The first-order chi connectivity index (χ1) is 15.9. The molecule has 3 aromatic carbocycles. The molecule has 33 heavy (non-hydrogen) atoms. The molecule has 0 fully saturated rings. The molecule has 4 rings (SSSR count). The van der Waals surface area contributed by atoms with E-state index in [4.69, 9.17) is 4.74 Å². The van der Waals surface area contributed by atoms with E-state index in [0.717, 1.165) is 17.6 Å². The molecule has 170 valence electrons. The van der Waals surface area contributed by atoms with Gasteiger partial charge < -0.3 is 4.74 Å². The second kappa shape index (κ2) is 9.46. The third kappa shape index (κ3) is 5.23. The number of hydrogen-bond acceptors (Lipinski definition) is 5. The minimum absolute atomic E-state index is 0.231. The van der Waals surface area contributed by atoms with Crippen molar-refractivity contribution in [3.8, 4) is 5.75 Å². The minimum atomic E-state index is -3.48. The number of rotatable bonds is 7. The Morgan fingerprint density at radius 1 is 1.06 bits per heavy atom. The van der Waals surface area contributed by atoms with Crippen molar-refractivity contribution in [2.24, 2.45) is 5.10 Å². The van der Waals surface area contributed by atoms with E-state index >= 15 is 0 Å². The van der Waals surface area contributed by atoms with Crippen LogP contribution in [-0.4, -0.2) is 37.9 Å². The summed E-state index contributed by atoms with van der Waals surface area (Å²) < 4.78 is 32.0. The maximum Gasteiger partial charge on any atom is 0.274 e. The van der Waals surface area contributed by atoms with Gasteiger partial charge in [0.25, 0.3) is 5.91 Å². The van der Waals surface area contributed by atoms with Crippen molar-refractivity contribution in [1.82, 2.24) is 5.01 Å². The van der Waals surface area contributed by atoms with E-state index in [-0.39, 0.29) is 11.9 Å². The fourth-order valence-electron chi connectivity index (χ4n) is 3.83. The highest BCUT2D eigenvalue weighted by molar-refractivity contribution is 7.92. The SMILES string of the molecule is CCOc1cccc(C2CC(c3ccccc3NS(C)(=O)=O)=NN2C(=O)c2ccccc2)c1. The maximum absolute atomic E-state index is 13.4. The van der Waals surface area contributed by atoms with Crippen molar-refractivity contribution in [3.05, 3.63) is 95.6 Å². The number of amides is 1. The molecule has 1 amide bonds. The number of anilines is 1. The van der Waals surface area contributed by atoms with Gasteiger partial charge in [-0.1, -0.05) is 48.5 Å². The Morgan fingerprint density at radius 3 is 2.52 bits per heavy atom. The van der Waals surface area contributed by atoms with Crippen molar-refractivity contribution in [3.63, 3.8) is 0 Å². The van der Waals surface area contributed by atoms with Gasteiger partial charge in [-0.15, -0.1) is 0 Å². The first-order valence-electron chi connectivity index (χ1n) is 10.6. The highest BCUT2D eigenvalue weighted by Crippen LogP contribution is 2.36. The summed E-state index contributed by atoms with van der Waals surface area (Å²) in [5.74, 6) is 0.487. The van der Waals surface area contributed by atoms with Gasteiger partial charge >= 0.3 is 0 Å². The van der Waals surface area contributed by atoms with Crippen LogP contribution in [0.2, 0.25) is 0 Å². The van der Waals surface area contributed by atoms with Gasteiger partial charge in [0.15, 0.2) is 0 Å². The van der Waals surface area contributed by atoms with Gasteiger partial charge in [0.1, 0.15) is 5.75 Å². The molecule has 0 aliphatic carbocycles. The lowest BCUT2D eigenvalue weighted by Gasteiger charge is -2.22. The van der Waals surface area contributed by atoms with Crippen molar-refractivity contribution in [2.45, 2.75) is 19.4 Å². The molecule has 7 nitrogen and oxygen atoms in total. The van der Waals surface area contributed by atoms with Crippen molar-refractivity contribution in [2.75, 3.05) is 17.6 Å². The highest BCUT2D eigenvalue weighted by atomic mass is 32.2. The molecule has 1 aliphatic heterocycles. The summed E-state index contributed by atoms with van der Waals surface area (Å²) in [6, 6.07) is 23.3. The number of para-hydroxylation sites is 1. The molecule has 1 atom stereocenters. The Morgan fingerprint density at radius 2 is 1.79 bits per heavy atom. The molecule has 8 heteroatoms. The Hall–Kier alpha value is -3.65. The van der Waals surface area contributed by atoms with Crippen LogP contribution < -0.4 is 9.46 Å². The van der Waals surface area contributed by atoms with Gasteiger partial charge in [0.05, 0.1) is 30.3 Å². The van der Waals surface area contributed by atoms with Crippen LogP contribution in [0.3, 0.4) is 0 Å². The smallest absolute Gasteiger partial charge is 0.274 e. The van der Waals surface area contributed by atoms with E-state index in [1.807, 2.05) is 55.5 Å². The number of carbonyl (C=O) groups excluding carboxylic acids is 1. The number of nitrogens with zero attached hydrogens (tertiary/aromatic N) is 2. The zero-order chi connectivity index (χ0) is 23.4. The van der Waals surface area contributed by atoms with Crippen LogP contribution >= 0.6 is 0 Å². The first kappa shape index (κ1) is 22.5. The molecule has 1 unspecified atom stereocenters. The monoisotopic (exact) mass is 463 g/mol. The molecule has 0 spiro atoms. The Balaban J connectivity index is 1.76. The molecule has 1 heterocycles. The van der Waals surface area contributed by atoms with E-state index in [2.05, 4.69) is 9.82 Å². The molecule has 0 aromatic heterocycles. The van der Waals surface area contributed by atoms with Gasteiger partial charge in [0.2, 0.25) is 10.0 Å². The zero-order valence-electron chi connectivity index (χ0n) is 18.4. The molecule has 1 N–H and O–H groups in total. The fraction of sp³-hybridized carbons (Fsp3) is 0.200. The molecule has 3 aromatic rings. The van der Waals surface area contributed by atoms with E-state index in [1.54, 1.807) is 30.3 Å². The van der Waals surface area contributed by atoms with Gasteiger partial charge in [-0.05, 0) is 42.8 Å². The third-order valence-corrected chi connectivity index (χ3v) is 5.82. The van der Waals surface area contributed by atoms with Crippen molar-refractivity contribution in [1.29, 1.82) is 0 Å². The van der Waals surface area contributed by atoms with E-state index in [1.165, 1.54) is 5.01 Å². The lowest BCUT2D eigenvalue weighted by Crippen LogP contribution is -2.27. The normalized spacial score (nSPS) is 15.8. The van der Waals surface area contributed by atoms with Crippen LogP contribution in [-0.2, 0) is 10.0 Å². The topological polar surface area (TPSA) is 88.1 Å². The standard InChI is InChI=1S/C25H25N3O4S/c1-3-32-20-13-9-12-19(16-20)24-17-23(21-14-7-8-15-22(21)27-33(2,30)31)26-28(24)25(29)18-10-5-4-6-11-18/h4-16,24,27H,3,17H2,1-2H3. The quantitative estimate of drug-likeness (QED) is 0.561. The summed E-state index contributed by atoms with van der Waals surface area (Å²) in [5, 5.41) is 6.16. The van der Waals surface area contributed by atoms with Crippen LogP contribution in [0.15, 0.2) is 84.0 Å². The van der Waals surface area contributed by atoms with Crippen LogP contribution in [0.1, 0.15) is 40.9 Å². The lowest BCUT2D eigenvalue weighted by molar-refractivity contribution is 0.0711. The average molecular weight is 464 g/mol. The first-order valence-corrected chi connectivity index (χ1v) is 12.5. The predicted molar refractivity (Wildman–Crippen MR) is 129 cm³/mol. The summed E-state index contributed by atoms with van der Waals surface area (Å²) in [6.45, 7) is 2.45. The summed E-state index contributed by atoms with van der Waals surface area (Å²) in [7, 11) is -3.48. The predicted octanol–water partition coefficient (Wildman–Crippen LogP) is 4.45. The second-order valence-electron chi connectivity index (χ2n) is 7.71. The Bertz CT molecular complexity index is 1290. The van der Waals surface area contributed by atoms with E-state index < -0.39 is 10.0 Å². The number of carbonyl (C=O) groups is 1. The summed E-state index contributed by atoms with van der Waals surface area (Å²) in [6.07, 6.45) is 1.53. The van der Waals surface area contributed by atoms with Crippen molar-refractivity contribution < 1.29 is 17.9 Å². The number of ether oxygens (including phenoxy) is 1. The number of sulfonamides is 1. The van der Waals surface area contributed by atoms with Gasteiger partial charge in [-0.3, -0.25) is 9.52 Å². The number of nitrogens with one attached hydrogen (secondary N) is 1. The molecule has 1 aliphatic rings. The third-order valence-electron chi connectivity index (χ3n) is 5.23. The van der Waals surface area contributed by atoms with Crippen LogP contribution in [0.25, 0.3) is 0 Å². The van der Waals surface area contributed by atoms with E-state index in [9.17, 15) is 13.2 Å². The molecule has 0 radical (unpaired) electrons. The summed E-state index contributed by atoms with van der Waals surface area (Å²) in [4.78, 5) is 13.4. The van der Waals surface area contributed by atoms with Gasteiger partial charge in [0, 0.05) is 17.5 Å². The highest BCUT2D eigenvalue weighted by Gasteiger charge is 2.34. The Labute approximate surface area is 193 Å². The molecular weight excluding hydrogens is 438 g/mol. The van der Waals surface area contributed by atoms with Crippen molar-refractivity contribution >= 4 is 27.3 Å². The lowest BCUT2D eigenvalue weighted by atomic mass is 9.97. The van der Waals surface area contributed by atoms with Crippen LogP contribution in [0, 0.1) is 0 Å². The summed E-state index contributed by atoms with van der Waals surface area (Å²) in [5.41, 5.74) is 3.10. The molecule has 0 saturated carbocycles. The number of benzene rings is 3.